The zero-order valence-corrected chi connectivity index (χ0v) is 27.0. The number of aryl methyl sites for hydroxylation is 1. The third-order valence-electron chi connectivity index (χ3n) is 8.35. The molecule has 10 nitrogen and oxygen atoms in total. The zero-order chi connectivity index (χ0) is 31.7. The van der Waals surface area contributed by atoms with Gasteiger partial charge in [0, 0.05) is 37.8 Å². The molecule has 0 bridgehead atoms. The van der Waals surface area contributed by atoms with Crippen molar-refractivity contribution in [2.75, 3.05) is 13.7 Å². The van der Waals surface area contributed by atoms with E-state index in [0.29, 0.717) is 30.4 Å². The van der Waals surface area contributed by atoms with Crippen LogP contribution in [0.5, 0.6) is 0 Å². The molecule has 1 aromatic heterocycles. The number of aromatic nitrogens is 2. The topological polar surface area (TPSA) is 120 Å². The van der Waals surface area contributed by atoms with Crippen LogP contribution >= 0.6 is 0 Å². The molecular weight excluding hydrogens is 562 g/mol. The molecule has 2 aliphatic rings. The fraction of sp³-hybridized carbons (Fsp3) is 0.706. The maximum atomic E-state index is 12.8. The molecule has 44 heavy (non-hydrogen) atoms. The number of carbonyl (C=O) groups excluding carboxylic acids is 2. The van der Waals surface area contributed by atoms with Crippen molar-refractivity contribution in [1.82, 2.24) is 14.5 Å². The summed E-state index contributed by atoms with van der Waals surface area (Å²) in [7, 11) is 1.83. The number of hydrogen-bond donors (Lipinski definition) is 1. The predicted octanol–water partition coefficient (Wildman–Crippen LogP) is 6.19. The second kappa shape index (κ2) is 19.3. The van der Waals surface area contributed by atoms with E-state index in [9.17, 15) is 19.2 Å². The number of unbranched alkanes of at least 4 members (excludes halogenated alkanes) is 12. The maximum Gasteiger partial charge on any atom is 0.335 e. The number of carbonyl (C=O) groups is 2. The summed E-state index contributed by atoms with van der Waals surface area (Å²) < 4.78 is 18.9. The highest BCUT2D eigenvalue weighted by Crippen LogP contribution is 2.30. The van der Waals surface area contributed by atoms with Crippen LogP contribution in [0.2, 0.25) is 0 Å². The third-order valence-corrected chi connectivity index (χ3v) is 8.35. The SMILES string of the molecule is CCCCCCCCCCCCCCCC(=O)OC(COC(=O)C1=CN(C)C=CC1)[C@@H]1CC[C@H](n2cc(C)c(=O)[nH]c2=O)O1. The van der Waals surface area contributed by atoms with Crippen molar-refractivity contribution in [3.63, 3.8) is 0 Å². The molecule has 1 N–H and O–H groups in total. The summed E-state index contributed by atoms with van der Waals surface area (Å²) >= 11 is 0. The lowest BCUT2D eigenvalue weighted by Gasteiger charge is -2.25. The van der Waals surface area contributed by atoms with Crippen molar-refractivity contribution in [1.29, 1.82) is 0 Å². The first-order chi connectivity index (χ1) is 21.3. The van der Waals surface area contributed by atoms with Gasteiger partial charge >= 0.3 is 17.6 Å². The van der Waals surface area contributed by atoms with Gasteiger partial charge in [-0.05, 0) is 32.4 Å². The highest BCUT2D eigenvalue weighted by atomic mass is 16.6. The molecule has 1 unspecified atom stereocenters. The van der Waals surface area contributed by atoms with E-state index in [1.165, 1.54) is 75.0 Å². The summed E-state index contributed by atoms with van der Waals surface area (Å²) in [5.41, 5.74) is -0.0982. The smallest absolute Gasteiger partial charge is 0.335 e. The number of aromatic amines is 1. The number of esters is 2. The van der Waals surface area contributed by atoms with Crippen LogP contribution < -0.4 is 11.2 Å². The average molecular weight is 616 g/mol. The highest BCUT2D eigenvalue weighted by molar-refractivity contribution is 5.88. The molecule has 1 saturated heterocycles. The van der Waals surface area contributed by atoms with Crippen molar-refractivity contribution >= 4 is 11.9 Å². The van der Waals surface area contributed by atoms with Gasteiger partial charge < -0.3 is 19.1 Å². The number of nitrogens with one attached hydrogen (secondary N) is 1. The first-order valence-electron chi connectivity index (χ1n) is 16.7. The molecule has 0 aliphatic carbocycles. The van der Waals surface area contributed by atoms with Gasteiger partial charge in [0.2, 0.25) is 0 Å². The molecule has 3 atom stereocenters. The molecule has 0 spiro atoms. The summed E-state index contributed by atoms with van der Waals surface area (Å²) in [5.74, 6) is -0.821. The molecule has 246 valence electrons. The fourth-order valence-corrected chi connectivity index (χ4v) is 5.73. The average Bonchev–Trinajstić information content (AvgIpc) is 3.49. The van der Waals surface area contributed by atoms with Gasteiger partial charge in [0.15, 0.2) is 6.10 Å². The van der Waals surface area contributed by atoms with Gasteiger partial charge in [0.25, 0.3) is 5.56 Å². The Bertz CT molecular complexity index is 1220. The van der Waals surface area contributed by atoms with Crippen LogP contribution in [0.15, 0.2) is 39.8 Å². The fourth-order valence-electron chi connectivity index (χ4n) is 5.73. The molecular formula is C34H53N3O7. The minimum atomic E-state index is -0.810. The first-order valence-corrected chi connectivity index (χ1v) is 16.7. The van der Waals surface area contributed by atoms with Gasteiger partial charge in [-0.3, -0.25) is 19.1 Å². The van der Waals surface area contributed by atoms with E-state index in [0.717, 1.165) is 19.3 Å². The lowest BCUT2D eigenvalue weighted by atomic mass is 10.0. The van der Waals surface area contributed by atoms with Crippen molar-refractivity contribution in [3.8, 4) is 0 Å². The highest BCUT2D eigenvalue weighted by Gasteiger charge is 2.36. The molecule has 0 amide bonds. The Morgan fingerprint density at radius 3 is 2.25 bits per heavy atom. The molecule has 3 heterocycles. The minimum absolute atomic E-state index is 0.148. The van der Waals surface area contributed by atoms with Crippen LogP contribution in [0, 0.1) is 6.92 Å². The molecule has 0 saturated carbocycles. The Labute approximate surface area is 261 Å². The lowest BCUT2D eigenvalue weighted by molar-refractivity contribution is -0.169. The molecule has 0 aromatic carbocycles. The van der Waals surface area contributed by atoms with Gasteiger partial charge in [-0.15, -0.1) is 0 Å². The van der Waals surface area contributed by atoms with E-state index in [-0.39, 0.29) is 19.0 Å². The summed E-state index contributed by atoms with van der Waals surface area (Å²) in [6, 6.07) is 0. The number of allylic oxidation sites excluding steroid dienone is 1. The van der Waals surface area contributed by atoms with Crippen molar-refractivity contribution in [2.24, 2.45) is 0 Å². The van der Waals surface area contributed by atoms with Gasteiger partial charge in [-0.2, -0.15) is 0 Å². The Morgan fingerprint density at radius 2 is 1.61 bits per heavy atom. The van der Waals surface area contributed by atoms with Gasteiger partial charge in [0.1, 0.15) is 18.9 Å². The molecule has 3 rings (SSSR count). The molecule has 2 aliphatic heterocycles. The molecule has 1 aromatic rings. The summed E-state index contributed by atoms with van der Waals surface area (Å²) in [4.78, 5) is 53.9. The molecule has 0 radical (unpaired) electrons. The van der Waals surface area contributed by atoms with Crippen molar-refractivity contribution in [3.05, 3.63) is 56.6 Å². The van der Waals surface area contributed by atoms with E-state index < -0.39 is 35.7 Å². The van der Waals surface area contributed by atoms with E-state index in [2.05, 4.69) is 11.9 Å². The van der Waals surface area contributed by atoms with Crippen molar-refractivity contribution in [2.45, 2.75) is 141 Å². The number of H-pyrrole nitrogens is 1. The van der Waals surface area contributed by atoms with Crippen LogP contribution in [0.3, 0.4) is 0 Å². The third kappa shape index (κ3) is 12.1. The standard InChI is InChI=1S/C34H53N3O7/c1-4-5-6-7-8-9-10-11-12-13-14-15-16-19-31(38)44-29(25-42-33(40)27-18-17-22-36(3)24-27)28-20-21-30(43-28)37-23-26(2)32(39)35-34(37)41/h17,22-24,28-30H,4-16,18-21,25H2,1-3H3,(H,35,39,41)/t28-,29?,30+/m0/s1. The Balaban J connectivity index is 1.45. The Hall–Kier alpha value is -3.14. The summed E-state index contributed by atoms with van der Waals surface area (Å²) in [6.07, 6.45) is 22.6. The predicted molar refractivity (Wildman–Crippen MR) is 170 cm³/mol. The maximum absolute atomic E-state index is 12.8. The number of rotatable bonds is 20. The van der Waals surface area contributed by atoms with Crippen LogP contribution in [0.4, 0.5) is 0 Å². The Kier molecular flexibility index (Phi) is 15.5. The molecule has 1 fully saturated rings. The Morgan fingerprint density at radius 1 is 0.977 bits per heavy atom. The molecule has 10 heteroatoms. The van der Waals surface area contributed by atoms with Crippen LogP contribution in [0.1, 0.15) is 128 Å². The summed E-state index contributed by atoms with van der Waals surface area (Å²) in [5, 5.41) is 0. The first kappa shape index (κ1) is 35.3. The van der Waals surface area contributed by atoms with Gasteiger partial charge in [-0.1, -0.05) is 90.0 Å². The monoisotopic (exact) mass is 615 g/mol. The van der Waals surface area contributed by atoms with Crippen LogP contribution in [-0.4, -0.2) is 52.3 Å². The van der Waals surface area contributed by atoms with Crippen LogP contribution in [-0.2, 0) is 23.8 Å². The number of hydrogen-bond acceptors (Lipinski definition) is 8. The quantitative estimate of drug-likeness (QED) is 0.136. The minimum Gasteiger partial charge on any atom is -0.458 e. The van der Waals surface area contributed by atoms with Gasteiger partial charge in [0.05, 0.1) is 5.57 Å². The van der Waals surface area contributed by atoms with Gasteiger partial charge in [-0.25, -0.2) is 9.59 Å². The van der Waals surface area contributed by atoms with E-state index in [4.69, 9.17) is 14.2 Å². The largest absolute Gasteiger partial charge is 0.458 e. The van der Waals surface area contributed by atoms with Crippen molar-refractivity contribution < 1.29 is 23.8 Å². The van der Waals surface area contributed by atoms with E-state index in [1.54, 1.807) is 18.0 Å². The second-order valence-corrected chi connectivity index (χ2v) is 12.2. The lowest BCUT2D eigenvalue weighted by Crippen LogP contribution is -2.38. The summed E-state index contributed by atoms with van der Waals surface area (Å²) in [6.45, 7) is 3.72. The normalized spacial score (nSPS) is 18.7. The van der Waals surface area contributed by atoms with E-state index >= 15 is 0 Å². The number of nitrogens with zero attached hydrogens (tertiary/aromatic N) is 2. The van der Waals surface area contributed by atoms with E-state index in [1.807, 2.05) is 19.3 Å². The zero-order valence-electron chi connectivity index (χ0n) is 27.0. The second-order valence-electron chi connectivity index (χ2n) is 12.2. The van der Waals surface area contributed by atoms with Crippen LogP contribution in [0.25, 0.3) is 0 Å². The number of ether oxygens (including phenoxy) is 3.